The first-order valence-corrected chi connectivity index (χ1v) is 7.70. The Morgan fingerprint density at radius 2 is 2.14 bits per heavy atom. The van der Waals surface area contributed by atoms with E-state index in [0.29, 0.717) is 35.4 Å². The minimum Gasteiger partial charge on any atom is -0.350 e. The highest BCUT2D eigenvalue weighted by atomic mass is 32.1. The van der Waals surface area contributed by atoms with Crippen LogP contribution in [0.2, 0.25) is 0 Å². The van der Waals surface area contributed by atoms with Crippen molar-refractivity contribution in [2.75, 3.05) is 6.54 Å². The molecule has 112 valence electrons. The van der Waals surface area contributed by atoms with Crippen molar-refractivity contribution >= 4 is 28.1 Å². The summed E-state index contributed by atoms with van der Waals surface area (Å²) in [4.78, 5) is 35.0. The van der Waals surface area contributed by atoms with Gasteiger partial charge in [-0.15, -0.1) is 11.3 Å². The molecule has 0 saturated heterocycles. The molecule has 22 heavy (non-hydrogen) atoms. The summed E-state index contributed by atoms with van der Waals surface area (Å²) in [5.74, 6) is 0.339. The number of thiazole rings is 1. The van der Waals surface area contributed by atoms with E-state index in [-0.39, 0.29) is 11.5 Å². The topological polar surface area (TPSA) is 87.7 Å². The lowest BCUT2D eigenvalue weighted by atomic mass is 10.2. The number of hydrogen-bond acceptors (Lipinski definition) is 5. The maximum absolute atomic E-state index is 11.9. The third-order valence-corrected chi connectivity index (χ3v) is 3.93. The summed E-state index contributed by atoms with van der Waals surface area (Å²) in [6.07, 6.45) is 0.453. The van der Waals surface area contributed by atoms with Crippen LogP contribution in [0.3, 0.4) is 0 Å². The number of amides is 1. The third kappa shape index (κ3) is 3.04. The van der Waals surface area contributed by atoms with Crippen LogP contribution in [0, 0.1) is 6.92 Å². The Morgan fingerprint density at radius 1 is 1.32 bits per heavy atom. The lowest BCUT2D eigenvalue weighted by Crippen LogP contribution is -2.27. The average Bonchev–Trinajstić information content (AvgIpc) is 2.94. The largest absolute Gasteiger partial charge is 0.350 e. The van der Waals surface area contributed by atoms with Crippen molar-refractivity contribution in [3.05, 3.63) is 56.5 Å². The maximum Gasteiger partial charge on any atom is 0.270 e. The Kier molecular flexibility index (Phi) is 3.97. The number of aryl methyl sites for hydroxylation is 1. The lowest BCUT2D eigenvalue weighted by Gasteiger charge is -2.04. The van der Waals surface area contributed by atoms with Gasteiger partial charge in [-0.1, -0.05) is 12.1 Å². The number of aromatic nitrogens is 3. The minimum absolute atomic E-state index is 0.165. The van der Waals surface area contributed by atoms with Crippen LogP contribution < -0.4 is 10.9 Å². The molecule has 0 aliphatic heterocycles. The van der Waals surface area contributed by atoms with Crippen molar-refractivity contribution < 1.29 is 4.79 Å². The molecule has 0 bridgehead atoms. The molecule has 7 heteroatoms. The van der Waals surface area contributed by atoms with Gasteiger partial charge in [-0.3, -0.25) is 9.59 Å². The molecular weight excluding hydrogens is 300 g/mol. The molecule has 6 nitrogen and oxygen atoms in total. The van der Waals surface area contributed by atoms with E-state index in [0.717, 1.165) is 5.01 Å². The van der Waals surface area contributed by atoms with Crippen molar-refractivity contribution in [3.8, 4) is 0 Å². The van der Waals surface area contributed by atoms with Gasteiger partial charge in [-0.2, -0.15) is 0 Å². The Hall–Kier alpha value is -2.54. The van der Waals surface area contributed by atoms with E-state index in [2.05, 4.69) is 20.3 Å². The van der Waals surface area contributed by atoms with Crippen LogP contribution in [0.25, 0.3) is 10.9 Å². The molecule has 0 unspecified atom stereocenters. The van der Waals surface area contributed by atoms with Gasteiger partial charge in [0.15, 0.2) is 0 Å². The van der Waals surface area contributed by atoms with E-state index in [9.17, 15) is 9.59 Å². The molecule has 3 rings (SSSR count). The first kappa shape index (κ1) is 14.4. The van der Waals surface area contributed by atoms with Crippen molar-refractivity contribution in [1.82, 2.24) is 20.3 Å². The molecule has 2 heterocycles. The van der Waals surface area contributed by atoms with E-state index < -0.39 is 0 Å². The summed E-state index contributed by atoms with van der Waals surface area (Å²) in [7, 11) is 0. The van der Waals surface area contributed by atoms with Crippen LogP contribution in [0.1, 0.15) is 21.3 Å². The van der Waals surface area contributed by atoms with Crippen molar-refractivity contribution in [2.45, 2.75) is 13.3 Å². The number of aromatic amines is 1. The second-order valence-electron chi connectivity index (χ2n) is 4.79. The number of rotatable bonds is 4. The highest BCUT2D eigenvalue weighted by Gasteiger charge is 2.09. The SMILES string of the molecule is Cc1nc(C(=O)NCCc2nc3ccccc3c(=O)[nH]2)cs1. The highest BCUT2D eigenvalue weighted by molar-refractivity contribution is 7.09. The van der Waals surface area contributed by atoms with E-state index >= 15 is 0 Å². The summed E-state index contributed by atoms with van der Waals surface area (Å²) in [5, 5.41) is 5.91. The van der Waals surface area contributed by atoms with Crippen molar-refractivity contribution in [3.63, 3.8) is 0 Å². The van der Waals surface area contributed by atoms with Gasteiger partial charge in [0.05, 0.1) is 15.9 Å². The molecule has 0 radical (unpaired) electrons. The molecule has 1 aromatic carbocycles. The molecule has 0 fully saturated rings. The predicted molar refractivity (Wildman–Crippen MR) is 85.3 cm³/mol. The van der Waals surface area contributed by atoms with Crippen LogP contribution in [-0.4, -0.2) is 27.4 Å². The zero-order valence-electron chi connectivity index (χ0n) is 11.9. The fourth-order valence-corrected chi connectivity index (χ4v) is 2.70. The first-order valence-electron chi connectivity index (χ1n) is 6.82. The molecule has 0 atom stereocenters. The molecule has 2 aromatic heterocycles. The summed E-state index contributed by atoms with van der Waals surface area (Å²) < 4.78 is 0. The number of carbonyl (C=O) groups excluding carboxylic acids is 1. The van der Waals surface area contributed by atoms with Gasteiger partial charge in [0, 0.05) is 18.3 Å². The second kappa shape index (κ2) is 6.07. The van der Waals surface area contributed by atoms with E-state index in [1.165, 1.54) is 11.3 Å². The number of H-pyrrole nitrogens is 1. The van der Waals surface area contributed by atoms with Gasteiger partial charge < -0.3 is 10.3 Å². The fraction of sp³-hybridized carbons (Fsp3) is 0.200. The van der Waals surface area contributed by atoms with Crippen molar-refractivity contribution in [2.24, 2.45) is 0 Å². The molecule has 0 aliphatic carbocycles. The number of nitrogens with one attached hydrogen (secondary N) is 2. The smallest absolute Gasteiger partial charge is 0.270 e. The third-order valence-electron chi connectivity index (χ3n) is 3.16. The number of fused-ring (bicyclic) bond motifs is 1. The molecule has 0 aliphatic rings. The standard InChI is InChI=1S/C15H14N4O2S/c1-9-17-12(8-22-9)15(21)16-7-6-13-18-11-5-3-2-4-10(11)14(20)19-13/h2-5,8H,6-7H2,1H3,(H,16,21)(H,18,19,20). The number of hydrogen-bond donors (Lipinski definition) is 2. The number of carbonyl (C=O) groups is 1. The van der Waals surface area contributed by atoms with Crippen LogP contribution in [0.15, 0.2) is 34.4 Å². The number of nitrogens with zero attached hydrogens (tertiary/aromatic N) is 2. The van der Waals surface area contributed by atoms with Gasteiger partial charge in [-0.25, -0.2) is 9.97 Å². The van der Waals surface area contributed by atoms with Gasteiger partial charge in [0.25, 0.3) is 11.5 Å². The fourth-order valence-electron chi connectivity index (χ4n) is 2.11. The van der Waals surface area contributed by atoms with E-state index in [1.807, 2.05) is 13.0 Å². The molecule has 3 aromatic rings. The molecule has 1 amide bonds. The zero-order valence-corrected chi connectivity index (χ0v) is 12.7. The van der Waals surface area contributed by atoms with Crippen LogP contribution in [-0.2, 0) is 6.42 Å². The molecule has 0 spiro atoms. The second-order valence-corrected chi connectivity index (χ2v) is 5.85. The van der Waals surface area contributed by atoms with Crippen LogP contribution in [0.5, 0.6) is 0 Å². The normalized spacial score (nSPS) is 10.8. The van der Waals surface area contributed by atoms with Gasteiger partial charge in [0.1, 0.15) is 11.5 Å². The molecule has 2 N–H and O–H groups in total. The highest BCUT2D eigenvalue weighted by Crippen LogP contribution is 2.08. The first-order chi connectivity index (χ1) is 10.6. The average molecular weight is 314 g/mol. The summed E-state index contributed by atoms with van der Waals surface area (Å²) in [6, 6.07) is 7.17. The summed E-state index contributed by atoms with van der Waals surface area (Å²) in [6.45, 7) is 2.24. The van der Waals surface area contributed by atoms with Crippen LogP contribution >= 0.6 is 11.3 Å². The number of para-hydroxylation sites is 1. The van der Waals surface area contributed by atoms with E-state index in [1.54, 1.807) is 23.6 Å². The molecular formula is C15H14N4O2S. The number of benzene rings is 1. The maximum atomic E-state index is 11.9. The molecule has 0 saturated carbocycles. The monoisotopic (exact) mass is 314 g/mol. The van der Waals surface area contributed by atoms with Gasteiger partial charge >= 0.3 is 0 Å². The summed E-state index contributed by atoms with van der Waals surface area (Å²) in [5.41, 5.74) is 0.909. The van der Waals surface area contributed by atoms with Gasteiger partial charge in [0.2, 0.25) is 0 Å². The van der Waals surface area contributed by atoms with E-state index in [4.69, 9.17) is 0 Å². The Bertz CT molecular complexity index is 884. The quantitative estimate of drug-likeness (QED) is 0.766. The van der Waals surface area contributed by atoms with Crippen LogP contribution in [0.4, 0.5) is 0 Å². The van der Waals surface area contributed by atoms with Crippen molar-refractivity contribution in [1.29, 1.82) is 0 Å². The Balaban J connectivity index is 1.67. The van der Waals surface area contributed by atoms with Gasteiger partial charge in [-0.05, 0) is 19.1 Å². The zero-order chi connectivity index (χ0) is 15.5. The lowest BCUT2D eigenvalue weighted by molar-refractivity contribution is 0.0949. The minimum atomic E-state index is -0.215. The summed E-state index contributed by atoms with van der Waals surface area (Å²) >= 11 is 1.43. The Morgan fingerprint density at radius 3 is 2.91 bits per heavy atom. The predicted octanol–water partition coefficient (Wildman–Crippen LogP) is 1.66. The Labute approximate surface area is 130 Å².